The van der Waals surface area contributed by atoms with Gasteiger partial charge in [-0.15, -0.1) is 0 Å². The van der Waals surface area contributed by atoms with Crippen molar-refractivity contribution in [3.63, 3.8) is 0 Å². The van der Waals surface area contributed by atoms with Crippen LogP contribution in [0, 0.1) is 0 Å². The summed E-state index contributed by atoms with van der Waals surface area (Å²) >= 11 is 0. The quantitative estimate of drug-likeness (QED) is 0.296. The average molecular weight is 407 g/mol. The van der Waals surface area contributed by atoms with Crippen LogP contribution in [0.15, 0.2) is 0 Å². The minimum atomic E-state index is -2.97. The fraction of sp³-hybridized carbons (Fsp3) is 0.769. The molecule has 7 nitrogen and oxygen atoms in total. The van der Waals surface area contributed by atoms with E-state index >= 15 is 0 Å². The molecular weight excluding hydrogens is 385 g/mol. The van der Waals surface area contributed by atoms with E-state index in [2.05, 4.69) is 13.8 Å². The van der Waals surface area contributed by atoms with Crippen LogP contribution >= 0.6 is 0 Å². The third-order valence-electron chi connectivity index (χ3n) is 2.46. The number of unbranched alkanes of at least 4 members (excludes halogenated alkanes) is 4. The number of carboxylic acids is 3. The molecular formula is C13H21K3O7. The smallest absolute Gasteiger partial charge is 0.550 e. The van der Waals surface area contributed by atoms with E-state index in [-0.39, 0.29) is 154 Å². The second-order valence-corrected chi connectivity index (χ2v) is 4.48. The van der Waals surface area contributed by atoms with Gasteiger partial charge in [0.2, 0.25) is 0 Å². The van der Waals surface area contributed by atoms with Gasteiger partial charge in [0.05, 0.1) is 5.97 Å². The van der Waals surface area contributed by atoms with Crippen LogP contribution < -0.4 is 169 Å². The molecule has 0 aliphatic carbocycles. The molecule has 0 unspecified atom stereocenters. The minimum absolute atomic E-state index is 0. The molecule has 0 aromatic rings. The molecule has 0 heterocycles. The van der Waals surface area contributed by atoms with Gasteiger partial charge in [-0.3, -0.25) is 0 Å². The molecule has 0 rings (SSSR count). The molecule has 0 bridgehead atoms. The molecule has 0 aromatic carbocycles. The van der Waals surface area contributed by atoms with Crippen molar-refractivity contribution in [1.82, 2.24) is 0 Å². The first-order chi connectivity index (χ1) is 9.19. The summed E-state index contributed by atoms with van der Waals surface area (Å²) in [5, 5.41) is 38.9. The van der Waals surface area contributed by atoms with E-state index in [1.807, 2.05) is 0 Å². The number of carboxylic acid groups (broad SMARTS) is 3. The predicted octanol–water partition coefficient (Wildman–Crippen LogP) is -11.3. The van der Waals surface area contributed by atoms with E-state index in [0.29, 0.717) is 0 Å². The molecule has 0 atom stereocenters. The Labute approximate surface area is 265 Å². The van der Waals surface area contributed by atoms with Gasteiger partial charge < -0.3 is 34.8 Å². The molecule has 1 N–H and O–H groups in total. The van der Waals surface area contributed by atoms with Crippen molar-refractivity contribution in [3.05, 3.63) is 0 Å². The molecule has 10 heteroatoms. The Morgan fingerprint density at radius 1 is 0.783 bits per heavy atom. The van der Waals surface area contributed by atoms with Crippen molar-refractivity contribution in [3.8, 4) is 0 Å². The van der Waals surface area contributed by atoms with Gasteiger partial charge in [-0.2, -0.15) is 0 Å². The van der Waals surface area contributed by atoms with E-state index in [0.717, 1.165) is 0 Å². The Hall–Kier alpha value is 3.28. The fourth-order valence-corrected chi connectivity index (χ4v) is 1.36. The Bertz CT molecular complexity index is 305. The molecule has 0 aliphatic rings. The number of aliphatic carboxylic acids is 3. The topological polar surface area (TPSA) is 141 Å². The molecule has 0 fully saturated rings. The van der Waals surface area contributed by atoms with Gasteiger partial charge in [0.15, 0.2) is 0 Å². The summed E-state index contributed by atoms with van der Waals surface area (Å²) < 4.78 is 0. The second kappa shape index (κ2) is 23.3. The normalized spacial score (nSPS) is 9.00. The Kier molecular flexibility index (Phi) is 37.6. The van der Waals surface area contributed by atoms with E-state index in [4.69, 9.17) is 5.11 Å². The fourth-order valence-electron chi connectivity index (χ4n) is 1.36. The first-order valence-electron chi connectivity index (χ1n) is 6.53. The van der Waals surface area contributed by atoms with Crippen LogP contribution in [0.4, 0.5) is 0 Å². The third kappa shape index (κ3) is 25.3. The van der Waals surface area contributed by atoms with Gasteiger partial charge in [0, 0.05) is 24.8 Å². The van der Waals surface area contributed by atoms with Gasteiger partial charge in [-0.05, 0) is 0 Å². The third-order valence-corrected chi connectivity index (χ3v) is 2.46. The maximum absolute atomic E-state index is 10.1. The Balaban J connectivity index is -0.0000000945. The summed E-state index contributed by atoms with van der Waals surface area (Å²) in [5.41, 5.74) is -2.97. The van der Waals surface area contributed by atoms with Crippen LogP contribution in [0.5, 0.6) is 0 Å². The van der Waals surface area contributed by atoms with Crippen molar-refractivity contribution in [2.75, 3.05) is 0 Å². The molecule has 0 amide bonds. The van der Waals surface area contributed by atoms with E-state index in [1.54, 1.807) is 0 Å². The Morgan fingerprint density at radius 3 is 1.26 bits per heavy atom. The molecule has 23 heavy (non-hydrogen) atoms. The van der Waals surface area contributed by atoms with Gasteiger partial charge in [-0.25, -0.2) is 0 Å². The van der Waals surface area contributed by atoms with Crippen molar-refractivity contribution < 1.29 is 189 Å². The summed E-state index contributed by atoms with van der Waals surface area (Å²) in [6.07, 6.45) is 4.29. The monoisotopic (exact) mass is 406 g/mol. The number of carbonyl (C=O) groups is 3. The summed E-state index contributed by atoms with van der Waals surface area (Å²) in [6, 6.07) is 0. The largest absolute Gasteiger partial charge is 1.00 e. The average Bonchev–Trinajstić information content (AvgIpc) is 2.28. The molecule has 0 saturated carbocycles. The van der Waals surface area contributed by atoms with Crippen LogP contribution in [0.25, 0.3) is 0 Å². The van der Waals surface area contributed by atoms with Crippen LogP contribution in [0.3, 0.4) is 0 Å². The molecule has 0 spiro atoms. The van der Waals surface area contributed by atoms with E-state index in [1.165, 1.54) is 32.1 Å². The predicted molar refractivity (Wildman–Crippen MR) is 63.6 cm³/mol. The van der Waals surface area contributed by atoms with Gasteiger partial charge >= 0.3 is 154 Å². The molecule has 0 radical (unpaired) electrons. The summed E-state index contributed by atoms with van der Waals surface area (Å²) in [7, 11) is 0. The van der Waals surface area contributed by atoms with Crippen LogP contribution in [0.1, 0.15) is 58.8 Å². The van der Waals surface area contributed by atoms with Gasteiger partial charge in [0.1, 0.15) is 5.60 Å². The second-order valence-electron chi connectivity index (χ2n) is 4.48. The summed E-state index contributed by atoms with van der Waals surface area (Å²) in [6.45, 7) is 4.49. The number of carbonyl (C=O) groups excluding carboxylic acids is 3. The van der Waals surface area contributed by atoms with Crippen LogP contribution in [-0.4, -0.2) is 28.6 Å². The zero-order chi connectivity index (χ0) is 16.2. The van der Waals surface area contributed by atoms with E-state index < -0.39 is 36.4 Å². The van der Waals surface area contributed by atoms with Gasteiger partial charge in [0.25, 0.3) is 0 Å². The Morgan fingerprint density at radius 2 is 1.09 bits per heavy atom. The number of hydrogen-bond donors (Lipinski definition) is 1. The standard InChI is InChI=1S/C7H16.C6H8O7.3K/c1-3-5-7-6-4-2;7-3(8)1-6(13,5(11)12)2-4(9)10;;;/h3-7H2,1-2H3;13H,1-2H2,(H,7,8)(H,9,10)(H,11,12);;;/q;;3*+1/p-3. The molecule has 0 aliphatic heterocycles. The zero-order valence-corrected chi connectivity index (χ0v) is 24.2. The van der Waals surface area contributed by atoms with Crippen molar-refractivity contribution in [2.45, 2.75) is 64.4 Å². The van der Waals surface area contributed by atoms with Gasteiger partial charge in [-0.1, -0.05) is 46.0 Å². The first kappa shape index (κ1) is 37.1. The molecule has 118 valence electrons. The van der Waals surface area contributed by atoms with E-state index in [9.17, 15) is 29.7 Å². The first-order valence-corrected chi connectivity index (χ1v) is 6.53. The number of rotatable bonds is 9. The van der Waals surface area contributed by atoms with Crippen molar-refractivity contribution in [2.24, 2.45) is 0 Å². The van der Waals surface area contributed by atoms with Crippen molar-refractivity contribution in [1.29, 1.82) is 0 Å². The number of hydrogen-bond acceptors (Lipinski definition) is 7. The maximum Gasteiger partial charge on any atom is 1.00 e. The van der Waals surface area contributed by atoms with Crippen molar-refractivity contribution >= 4 is 17.9 Å². The number of aliphatic hydroxyl groups is 1. The summed E-state index contributed by atoms with van der Waals surface area (Å²) in [4.78, 5) is 30.0. The zero-order valence-electron chi connectivity index (χ0n) is 14.8. The molecule has 0 aromatic heterocycles. The molecule has 0 saturated heterocycles. The van der Waals surface area contributed by atoms with Crippen LogP contribution in [-0.2, 0) is 14.4 Å². The SMILES string of the molecule is CCCCCCC.O=C([O-])CC(O)(CC(=O)[O-])C(=O)[O-].[K+].[K+].[K+]. The van der Waals surface area contributed by atoms with Crippen LogP contribution in [0.2, 0.25) is 0 Å². The maximum atomic E-state index is 10.1. The summed E-state index contributed by atoms with van der Waals surface area (Å²) in [5.74, 6) is -5.98. The minimum Gasteiger partial charge on any atom is -0.550 e.